The number of carbonyl (C=O) groups is 2. The number of carboxylic acid groups (broad SMARTS) is 1. The van der Waals surface area contributed by atoms with Crippen LogP contribution in [0.25, 0.3) is 5.57 Å². The minimum atomic E-state index is -0.970. The Labute approximate surface area is 113 Å². The summed E-state index contributed by atoms with van der Waals surface area (Å²) in [7, 11) is 0. The Kier molecular flexibility index (Phi) is 3.31. The van der Waals surface area contributed by atoms with E-state index in [0.717, 1.165) is 23.1 Å². The van der Waals surface area contributed by atoms with Crippen LogP contribution in [0.4, 0.5) is 0 Å². The van der Waals surface area contributed by atoms with Crippen LogP contribution in [0.2, 0.25) is 0 Å². The zero-order valence-corrected chi connectivity index (χ0v) is 11.5. The molecule has 3 heteroatoms. The van der Waals surface area contributed by atoms with E-state index in [-0.39, 0.29) is 11.2 Å². The molecule has 0 atom stereocenters. The molecule has 3 nitrogen and oxygen atoms in total. The Morgan fingerprint density at radius 3 is 2.68 bits per heavy atom. The highest BCUT2D eigenvalue weighted by Gasteiger charge is 2.31. The van der Waals surface area contributed by atoms with Crippen molar-refractivity contribution in [3.05, 3.63) is 41.0 Å². The van der Waals surface area contributed by atoms with E-state index in [9.17, 15) is 9.59 Å². The normalized spacial score (nSPS) is 18.1. The van der Waals surface area contributed by atoms with Gasteiger partial charge in [-0.1, -0.05) is 26.0 Å². The standard InChI is InChI=1S/C16H18O3/c1-10(8-15(18)19)11-4-5-13-12(9-11)14(17)6-7-16(13,2)3/h4-5,8-9H,6-7H2,1-3H3,(H,18,19)/b10-8+. The Hall–Kier alpha value is -1.90. The molecule has 0 aromatic heterocycles. The summed E-state index contributed by atoms with van der Waals surface area (Å²) >= 11 is 0. The summed E-state index contributed by atoms with van der Waals surface area (Å²) in [6.07, 6.45) is 2.59. The Balaban J connectivity index is 2.52. The second-order valence-corrected chi connectivity index (χ2v) is 5.73. The van der Waals surface area contributed by atoms with E-state index in [1.54, 1.807) is 6.92 Å². The molecule has 0 saturated heterocycles. The number of hydrogen-bond acceptors (Lipinski definition) is 2. The largest absolute Gasteiger partial charge is 0.478 e. The zero-order chi connectivity index (χ0) is 14.2. The third-order valence-corrected chi connectivity index (χ3v) is 3.82. The first kappa shape index (κ1) is 13.5. The topological polar surface area (TPSA) is 54.4 Å². The Morgan fingerprint density at radius 1 is 1.37 bits per heavy atom. The molecule has 0 unspecified atom stereocenters. The number of allylic oxidation sites excluding steroid dienone is 1. The smallest absolute Gasteiger partial charge is 0.328 e. The van der Waals surface area contributed by atoms with Crippen LogP contribution >= 0.6 is 0 Å². The molecule has 1 aliphatic rings. The van der Waals surface area contributed by atoms with E-state index in [0.29, 0.717) is 12.0 Å². The van der Waals surface area contributed by atoms with Crippen LogP contribution in [-0.2, 0) is 10.2 Å². The molecule has 19 heavy (non-hydrogen) atoms. The van der Waals surface area contributed by atoms with E-state index in [4.69, 9.17) is 5.11 Å². The molecule has 1 N–H and O–H groups in total. The summed E-state index contributed by atoms with van der Waals surface area (Å²) in [5.41, 5.74) is 3.27. The third kappa shape index (κ3) is 2.60. The van der Waals surface area contributed by atoms with Gasteiger partial charge in [-0.2, -0.15) is 0 Å². The van der Waals surface area contributed by atoms with E-state index in [2.05, 4.69) is 13.8 Å². The zero-order valence-electron chi connectivity index (χ0n) is 11.5. The fraction of sp³-hybridized carbons (Fsp3) is 0.375. The van der Waals surface area contributed by atoms with Gasteiger partial charge in [-0.25, -0.2) is 4.79 Å². The lowest BCUT2D eigenvalue weighted by Gasteiger charge is -2.32. The van der Waals surface area contributed by atoms with Crippen LogP contribution in [-0.4, -0.2) is 16.9 Å². The number of ketones is 1. The van der Waals surface area contributed by atoms with Crippen LogP contribution < -0.4 is 0 Å². The average molecular weight is 258 g/mol. The van der Waals surface area contributed by atoms with Crippen LogP contribution in [0.15, 0.2) is 24.3 Å². The highest BCUT2D eigenvalue weighted by molar-refractivity contribution is 6.00. The van der Waals surface area contributed by atoms with E-state index in [1.807, 2.05) is 18.2 Å². The van der Waals surface area contributed by atoms with Gasteiger partial charge in [-0.3, -0.25) is 4.79 Å². The summed E-state index contributed by atoms with van der Waals surface area (Å²) in [5.74, 6) is -0.818. The number of fused-ring (bicyclic) bond motifs is 1. The fourth-order valence-corrected chi connectivity index (χ4v) is 2.57. The van der Waals surface area contributed by atoms with E-state index < -0.39 is 5.97 Å². The maximum absolute atomic E-state index is 12.0. The summed E-state index contributed by atoms with van der Waals surface area (Å²) in [6.45, 7) is 6.02. The van der Waals surface area contributed by atoms with Crippen molar-refractivity contribution in [1.29, 1.82) is 0 Å². The predicted molar refractivity (Wildman–Crippen MR) is 74.3 cm³/mol. The maximum Gasteiger partial charge on any atom is 0.328 e. The maximum atomic E-state index is 12.0. The van der Waals surface area contributed by atoms with Crippen LogP contribution in [0.1, 0.15) is 55.1 Å². The first-order chi connectivity index (χ1) is 8.81. The summed E-state index contributed by atoms with van der Waals surface area (Å²) in [4.78, 5) is 22.7. The molecule has 0 amide bonds. The van der Waals surface area contributed by atoms with Crippen molar-refractivity contribution in [2.75, 3.05) is 0 Å². The lowest BCUT2D eigenvalue weighted by atomic mass is 9.72. The highest BCUT2D eigenvalue weighted by atomic mass is 16.4. The van der Waals surface area contributed by atoms with Crippen molar-refractivity contribution in [1.82, 2.24) is 0 Å². The van der Waals surface area contributed by atoms with Crippen molar-refractivity contribution in [3.8, 4) is 0 Å². The molecule has 0 radical (unpaired) electrons. The molecule has 0 heterocycles. The number of benzene rings is 1. The van der Waals surface area contributed by atoms with Gasteiger partial charge in [-0.15, -0.1) is 0 Å². The summed E-state index contributed by atoms with van der Waals surface area (Å²) in [5, 5.41) is 8.78. The lowest BCUT2D eigenvalue weighted by Crippen LogP contribution is -2.27. The number of aliphatic carboxylic acids is 1. The summed E-state index contributed by atoms with van der Waals surface area (Å²) in [6, 6.07) is 5.68. The molecular formula is C16H18O3. The molecule has 100 valence electrons. The molecule has 0 saturated carbocycles. The molecule has 1 aromatic carbocycles. The molecule has 1 aliphatic carbocycles. The van der Waals surface area contributed by atoms with Crippen molar-refractivity contribution < 1.29 is 14.7 Å². The minimum absolute atomic E-state index is 0.00614. The predicted octanol–water partition coefficient (Wildman–Crippen LogP) is 3.43. The monoisotopic (exact) mass is 258 g/mol. The van der Waals surface area contributed by atoms with Crippen LogP contribution in [0, 0.1) is 0 Å². The average Bonchev–Trinajstić information content (AvgIpc) is 2.33. The van der Waals surface area contributed by atoms with E-state index in [1.165, 1.54) is 6.08 Å². The van der Waals surface area contributed by atoms with E-state index >= 15 is 0 Å². The van der Waals surface area contributed by atoms with Gasteiger partial charge in [0.1, 0.15) is 0 Å². The van der Waals surface area contributed by atoms with Gasteiger partial charge in [-0.05, 0) is 41.5 Å². The van der Waals surface area contributed by atoms with Gasteiger partial charge in [0.05, 0.1) is 0 Å². The van der Waals surface area contributed by atoms with Crippen molar-refractivity contribution in [2.45, 2.75) is 39.0 Å². The Bertz CT molecular complexity index is 580. The molecule has 0 bridgehead atoms. The number of carboxylic acids is 1. The fourth-order valence-electron chi connectivity index (χ4n) is 2.57. The molecular weight excluding hydrogens is 240 g/mol. The van der Waals surface area contributed by atoms with Gasteiger partial charge in [0.25, 0.3) is 0 Å². The molecule has 1 aromatic rings. The number of carbonyl (C=O) groups excluding carboxylic acids is 1. The Morgan fingerprint density at radius 2 is 2.05 bits per heavy atom. The molecule has 0 spiro atoms. The van der Waals surface area contributed by atoms with Gasteiger partial charge >= 0.3 is 5.97 Å². The van der Waals surface area contributed by atoms with Gasteiger partial charge in [0.2, 0.25) is 0 Å². The van der Waals surface area contributed by atoms with Gasteiger partial charge < -0.3 is 5.11 Å². The third-order valence-electron chi connectivity index (χ3n) is 3.82. The quantitative estimate of drug-likeness (QED) is 0.827. The van der Waals surface area contributed by atoms with Crippen LogP contribution in [0.5, 0.6) is 0 Å². The highest BCUT2D eigenvalue weighted by Crippen LogP contribution is 2.37. The van der Waals surface area contributed by atoms with Crippen molar-refractivity contribution in [3.63, 3.8) is 0 Å². The minimum Gasteiger partial charge on any atom is -0.478 e. The van der Waals surface area contributed by atoms with Crippen LogP contribution in [0.3, 0.4) is 0 Å². The first-order valence-corrected chi connectivity index (χ1v) is 6.40. The molecule has 2 rings (SSSR count). The number of rotatable bonds is 2. The summed E-state index contributed by atoms with van der Waals surface area (Å²) < 4.78 is 0. The number of Topliss-reactive ketones (excluding diaryl/α,β-unsaturated/α-hetero) is 1. The molecule has 0 aliphatic heterocycles. The van der Waals surface area contributed by atoms with Gasteiger partial charge in [0, 0.05) is 18.1 Å². The first-order valence-electron chi connectivity index (χ1n) is 6.40. The van der Waals surface area contributed by atoms with Crippen molar-refractivity contribution >= 4 is 17.3 Å². The SMILES string of the molecule is C/C(=C\C(=O)O)c1ccc2c(c1)C(=O)CCC2(C)C. The number of hydrogen-bond donors (Lipinski definition) is 1. The molecule has 0 fully saturated rings. The lowest BCUT2D eigenvalue weighted by molar-refractivity contribution is -0.131. The second kappa shape index (κ2) is 4.65. The van der Waals surface area contributed by atoms with Crippen molar-refractivity contribution in [2.24, 2.45) is 0 Å². The second-order valence-electron chi connectivity index (χ2n) is 5.73. The van der Waals surface area contributed by atoms with Gasteiger partial charge in [0.15, 0.2) is 5.78 Å².